The third-order valence-corrected chi connectivity index (χ3v) is 6.69. The standard InChI is InChI=1S/C24H30N2S.C3H6/c1-5-7-24(23-15-25-26-18(23)4)27-16-19-8-6-9-22(14-19)21-12-10-20(11-13-21)17(2)3;1-3-2/h5-9,14-15,20-21,26H,2,4,10-13,16H2,1,3H3;3H,1H2,2H3/b7-5-,24-23+;. The van der Waals surface area contributed by atoms with Crippen LogP contribution in [0.25, 0.3) is 11.5 Å². The number of thioether (sulfide) groups is 1. The topological polar surface area (TPSA) is 28.7 Å². The fraction of sp³-hybridized carbons (Fsp3) is 0.370. The summed E-state index contributed by atoms with van der Waals surface area (Å²) in [6.07, 6.45) is 13.0. The van der Waals surface area contributed by atoms with Crippen LogP contribution in [0.3, 0.4) is 0 Å². The van der Waals surface area contributed by atoms with E-state index in [2.05, 4.69) is 73.3 Å². The van der Waals surface area contributed by atoms with Crippen molar-refractivity contribution in [3.05, 3.63) is 89.1 Å². The van der Waals surface area contributed by atoms with Crippen molar-refractivity contribution in [1.29, 1.82) is 0 Å². The summed E-state index contributed by atoms with van der Waals surface area (Å²) in [6, 6.07) is 9.17. The molecule has 1 aliphatic rings. The van der Waals surface area contributed by atoms with Gasteiger partial charge >= 0.3 is 0 Å². The molecular weight excluding hydrogens is 384 g/mol. The molecule has 1 heterocycles. The van der Waals surface area contributed by atoms with E-state index in [0.717, 1.165) is 22.2 Å². The number of nitrogens with one attached hydrogen (secondary N) is 1. The van der Waals surface area contributed by atoms with Gasteiger partial charge in [0.1, 0.15) is 0 Å². The van der Waals surface area contributed by atoms with E-state index >= 15 is 0 Å². The summed E-state index contributed by atoms with van der Waals surface area (Å²) in [5.74, 6) is 2.38. The molecule has 160 valence electrons. The molecule has 0 radical (unpaired) electrons. The summed E-state index contributed by atoms with van der Waals surface area (Å²) in [5, 5.41) is 9.01. The van der Waals surface area contributed by atoms with Gasteiger partial charge in [-0.25, -0.2) is 0 Å². The van der Waals surface area contributed by atoms with E-state index in [1.54, 1.807) is 6.08 Å². The summed E-state index contributed by atoms with van der Waals surface area (Å²) < 4.78 is 0. The quantitative estimate of drug-likeness (QED) is 0.542. The first-order chi connectivity index (χ1) is 14.5. The van der Waals surface area contributed by atoms with Crippen molar-refractivity contribution >= 4 is 23.2 Å². The molecule has 2 aromatic rings. The van der Waals surface area contributed by atoms with Gasteiger partial charge in [-0.2, -0.15) is 5.10 Å². The van der Waals surface area contributed by atoms with Crippen molar-refractivity contribution in [2.24, 2.45) is 5.92 Å². The van der Waals surface area contributed by atoms with Crippen molar-refractivity contribution in [3.63, 3.8) is 0 Å². The lowest BCUT2D eigenvalue weighted by atomic mass is 9.76. The SMILES string of the molecule is C=C(C)C1CCC(c2cccc(CSC(/C=C\C)=c3\cn[nH]c3=C)c2)CC1.C=CC. The Kier molecular flexibility index (Phi) is 9.96. The summed E-state index contributed by atoms with van der Waals surface area (Å²) in [6.45, 7) is 17.7. The molecule has 0 aliphatic heterocycles. The van der Waals surface area contributed by atoms with Crippen LogP contribution in [-0.2, 0) is 5.75 Å². The van der Waals surface area contributed by atoms with Crippen LogP contribution in [0.1, 0.15) is 63.5 Å². The predicted molar refractivity (Wildman–Crippen MR) is 135 cm³/mol. The minimum Gasteiger partial charge on any atom is -0.278 e. The van der Waals surface area contributed by atoms with Gasteiger partial charge < -0.3 is 0 Å². The average Bonchev–Trinajstić information content (AvgIpc) is 3.18. The van der Waals surface area contributed by atoms with Crippen LogP contribution in [0.15, 0.2) is 67.4 Å². The number of rotatable bonds is 6. The first-order valence-electron chi connectivity index (χ1n) is 10.8. The Bertz CT molecular complexity index is 959. The number of hydrogen-bond donors (Lipinski definition) is 1. The third kappa shape index (κ3) is 6.91. The maximum absolute atomic E-state index is 4.15. The molecule has 2 nitrogen and oxygen atoms in total. The molecule has 3 heteroatoms. The van der Waals surface area contributed by atoms with Gasteiger partial charge in [-0.1, -0.05) is 61.2 Å². The average molecular weight is 421 g/mol. The fourth-order valence-corrected chi connectivity index (χ4v) is 4.98. The zero-order valence-electron chi connectivity index (χ0n) is 18.8. The molecule has 1 fully saturated rings. The maximum Gasteiger partial charge on any atom is 0.0589 e. The van der Waals surface area contributed by atoms with E-state index in [1.807, 2.05) is 31.8 Å². The fourth-order valence-electron chi connectivity index (χ4n) is 3.91. The molecule has 30 heavy (non-hydrogen) atoms. The highest BCUT2D eigenvalue weighted by atomic mass is 32.2. The molecule has 1 aromatic heterocycles. The molecular formula is C27H36N2S. The van der Waals surface area contributed by atoms with Crippen LogP contribution in [0, 0.1) is 5.92 Å². The largest absolute Gasteiger partial charge is 0.278 e. The molecule has 0 atom stereocenters. The monoisotopic (exact) mass is 420 g/mol. The lowest BCUT2D eigenvalue weighted by molar-refractivity contribution is 0.363. The van der Waals surface area contributed by atoms with E-state index in [9.17, 15) is 0 Å². The van der Waals surface area contributed by atoms with Crippen LogP contribution < -0.4 is 10.6 Å². The van der Waals surface area contributed by atoms with E-state index in [4.69, 9.17) is 0 Å². The Balaban J connectivity index is 0.00000101. The molecule has 0 amide bonds. The van der Waals surface area contributed by atoms with Crippen molar-refractivity contribution < 1.29 is 0 Å². The Hall–Kier alpha value is -2.26. The second-order valence-electron chi connectivity index (χ2n) is 7.96. The molecule has 1 saturated carbocycles. The zero-order valence-corrected chi connectivity index (χ0v) is 19.6. The molecule has 0 saturated heterocycles. The lowest BCUT2D eigenvalue weighted by Crippen LogP contribution is -2.21. The van der Waals surface area contributed by atoms with Crippen LogP contribution >= 0.6 is 11.8 Å². The molecule has 1 N–H and O–H groups in total. The van der Waals surface area contributed by atoms with Gasteiger partial charge in [0, 0.05) is 15.9 Å². The molecule has 3 rings (SSSR count). The van der Waals surface area contributed by atoms with Gasteiger partial charge in [0.15, 0.2) is 0 Å². The van der Waals surface area contributed by atoms with Crippen LogP contribution in [-0.4, -0.2) is 10.2 Å². The highest BCUT2D eigenvalue weighted by molar-refractivity contribution is 8.07. The molecule has 0 spiro atoms. The molecule has 0 bridgehead atoms. The van der Waals surface area contributed by atoms with E-state index in [1.165, 1.54) is 47.3 Å². The van der Waals surface area contributed by atoms with Gasteiger partial charge in [-0.05, 0) is 69.4 Å². The van der Waals surface area contributed by atoms with Gasteiger partial charge in [-0.3, -0.25) is 5.10 Å². The number of nitrogens with zero attached hydrogens (tertiary/aromatic N) is 1. The van der Waals surface area contributed by atoms with E-state index in [-0.39, 0.29) is 0 Å². The summed E-state index contributed by atoms with van der Waals surface area (Å²) in [7, 11) is 0. The third-order valence-electron chi connectivity index (χ3n) is 5.54. The predicted octanol–water partition coefficient (Wildman–Crippen LogP) is 6.48. The zero-order chi connectivity index (χ0) is 21.9. The summed E-state index contributed by atoms with van der Waals surface area (Å²) >= 11 is 1.85. The minimum absolute atomic E-state index is 0.699. The number of H-pyrrole nitrogens is 1. The van der Waals surface area contributed by atoms with Gasteiger partial charge in [0.05, 0.1) is 11.5 Å². The molecule has 1 aliphatic carbocycles. The van der Waals surface area contributed by atoms with Crippen LogP contribution in [0.4, 0.5) is 0 Å². The summed E-state index contributed by atoms with van der Waals surface area (Å²) in [5.41, 5.74) is 4.24. The molecule has 1 aromatic carbocycles. The van der Waals surface area contributed by atoms with Crippen molar-refractivity contribution in [1.82, 2.24) is 10.2 Å². The number of aromatic nitrogens is 2. The number of aromatic amines is 1. The maximum atomic E-state index is 4.15. The second-order valence-corrected chi connectivity index (χ2v) is 8.98. The Morgan fingerprint density at radius 1 is 1.23 bits per heavy atom. The van der Waals surface area contributed by atoms with Gasteiger partial charge in [0.2, 0.25) is 0 Å². The molecule has 0 unspecified atom stereocenters. The highest BCUT2D eigenvalue weighted by Crippen LogP contribution is 2.38. The van der Waals surface area contributed by atoms with E-state index in [0.29, 0.717) is 5.92 Å². The number of hydrogen-bond acceptors (Lipinski definition) is 2. The van der Waals surface area contributed by atoms with Gasteiger partial charge in [-0.15, -0.1) is 18.3 Å². The first-order valence-corrected chi connectivity index (χ1v) is 11.8. The van der Waals surface area contributed by atoms with Crippen LogP contribution in [0.5, 0.6) is 0 Å². The smallest absolute Gasteiger partial charge is 0.0589 e. The van der Waals surface area contributed by atoms with E-state index < -0.39 is 0 Å². The normalized spacial score (nSPS) is 19.7. The van der Waals surface area contributed by atoms with Crippen molar-refractivity contribution in [2.75, 3.05) is 0 Å². The second kappa shape index (κ2) is 12.4. The highest BCUT2D eigenvalue weighted by Gasteiger charge is 2.22. The lowest BCUT2D eigenvalue weighted by Gasteiger charge is -2.29. The minimum atomic E-state index is 0.699. The number of allylic oxidation sites excluding steroid dienone is 3. The van der Waals surface area contributed by atoms with Gasteiger partial charge in [0.25, 0.3) is 0 Å². The van der Waals surface area contributed by atoms with Crippen molar-refractivity contribution in [3.8, 4) is 0 Å². The Morgan fingerprint density at radius 3 is 2.50 bits per heavy atom. The first kappa shape index (κ1) is 24.0. The Morgan fingerprint density at radius 2 is 1.93 bits per heavy atom. The number of benzene rings is 1. The van der Waals surface area contributed by atoms with Crippen molar-refractivity contribution in [2.45, 2.75) is 58.1 Å². The summed E-state index contributed by atoms with van der Waals surface area (Å²) in [4.78, 5) is 1.21. The van der Waals surface area contributed by atoms with Crippen LogP contribution in [0.2, 0.25) is 0 Å². The Labute approximate surface area is 186 Å².